The first kappa shape index (κ1) is 30.8. The van der Waals surface area contributed by atoms with Gasteiger partial charge in [-0.05, 0) is 0 Å². The molecule has 0 aromatic heterocycles. The molecule has 0 aliphatic heterocycles. The van der Waals surface area contributed by atoms with Crippen LogP contribution in [0.4, 0.5) is 0 Å². The van der Waals surface area contributed by atoms with E-state index in [0.29, 0.717) is 0 Å². The van der Waals surface area contributed by atoms with E-state index in [1.54, 1.807) is 0 Å². The average Bonchev–Trinajstić information content (AvgIpc) is 3.16. The van der Waals surface area contributed by atoms with Gasteiger partial charge in [0.15, 0.2) is 0 Å². The molecule has 0 saturated carbocycles. The van der Waals surface area contributed by atoms with Crippen LogP contribution in [0.5, 0.6) is 0 Å². The second kappa shape index (κ2) is 14.3. The predicted molar refractivity (Wildman–Crippen MR) is 202 cm³/mol. The van der Waals surface area contributed by atoms with Crippen molar-refractivity contribution in [2.75, 3.05) is 0 Å². The Morgan fingerprint density at radius 1 is 0.217 bits per heavy atom. The van der Waals surface area contributed by atoms with Crippen LogP contribution >= 0.6 is 0 Å². The van der Waals surface area contributed by atoms with Gasteiger partial charge in [0, 0.05) is 0 Å². The van der Waals surface area contributed by atoms with E-state index >= 15 is 0 Å². The SMILES string of the molecule is c1cc[c]([Sn]([CH2]c2ccc([CH2][Sn]([c]3ccccc3)([c]3ccccc3)[c]3ccccc3)cc2)([c]2ccccc2)[c]2ccccc2)cc1. The van der Waals surface area contributed by atoms with Crippen LogP contribution in [0.15, 0.2) is 206 Å². The zero-order valence-electron chi connectivity index (χ0n) is 26.0. The van der Waals surface area contributed by atoms with Crippen molar-refractivity contribution in [1.82, 2.24) is 0 Å². The Kier molecular flexibility index (Phi) is 9.55. The van der Waals surface area contributed by atoms with Crippen LogP contribution in [0.25, 0.3) is 0 Å². The number of hydrogen-bond donors (Lipinski definition) is 0. The van der Waals surface area contributed by atoms with Crippen molar-refractivity contribution in [3.63, 3.8) is 0 Å². The maximum absolute atomic E-state index is 3.43. The molecule has 7 aromatic carbocycles. The zero-order valence-corrected chi connectivity index (χ0v) is 31.8. The summed E-state index contributed by atoms with van der Waals surface area (Å²) in [5.41, 5.74) is 2.85. The fourth-order valence-corrected chi connectivity index (χ4v) is 34.4. The third kappa shape index (κ3) is 6.13. The van der Waals surface area contributed by atoms with Gasteiger partial charge in [-0.1, -0.05) is 0 Å². The molecule has 0 aliphatic carbocycles. The molecular weight excluding hydrogens is 766 g/mol. The van der Waals surface area contributed by atoms with Gasteiger partial charge in [-0.25, -0.2) is 0 Å². The Morgan fingerprint density at radius 2 is 0.391 bits per heavy atom. The van der Waals surface area contributed by atoms with Crippen LogP contribution in [-0.2, 0) is 8.87 Å². The molecule has 0 nitrogen and oxygen atoms in total. The van der Waals surface area contributed by atoms with Gasteiger partial charge < -0.3 is 0 Å². The van der Waals surface area contributed by atoms with Crippen LogP contribution in [-0.4, -0.2) is 36.8 Å². The molecule has 0 N–H and O–H groups in total. The molecule has 0 aliphatic rings. The van der Waals surface area contributed by atoms with E-state index in [9.17, 15) is 0 Å². The Morgan fingerprint density at radius 3 is 0.565 bits per heavy atom. The van der Waals surface area contributed by atoms with Crippen LogP contribution in [0, 0.1) is 0 Å². The average molecular weight is 804 g/mol. The van der Waals surface area contributed by atoms with Crippen molar-refractivity contribution in [3.8, 4) is 0 Å². The summed E-state index contributed by atoms with van der Waals surface area (Å²) in [5.74, 6) is 0. The quantitative estimate of drug-likeness (QED) is 0.145. The van der Waals surface area contributed by atoms with Crippen LogP contribution in [0.2, 0.25) is 0 Å². The van der Waals surface area contributed by atoms with Crippen LogP contribution in [0.1, 0.15) is 11.1 Å². The van der Waals surface area contributed by atoms with Gasteiger partial charge in [0.05, 0.1) is 0 Å². The van der Waals surface area contributed by atoms with Crippen molar-refractivity contribution in [2.45, 2.75) is 8.87 Å². The molecule has 0 heterocycles. The minimum atomic E-state index is -3.43. The summed E-state index contributed by atoms with van der Waals surface area (Å²) in [6.07, 6.45) is 0. The summed E-state index contributed by atoms with van der Waals surface area (Å²) in [4.78, 5) is 0. The molecule has 0 amide bonds. The van der Waals surface area contributed by atoms with E-state index in [4.69, 9.17) is 0 Å². The molecule has 0 saturated heterocycles. The van der Waals surface area contributed by atoms with Gasteiger partial charge in [0.1, 0.15) is 0 Å². The molecule has 2 heteroatoms. The minimum absolute atomic E-state index is 1.08. The second-order valence-corrected chi connectivity index (χ2v) is 34.4. The summed E-state index contributed by atoms with van der Waals surface area (Å²) in [6, 6.07) is 77.9. The molecule has 0 atom stereocenters. The third-order valence-corrected chi connectivity index (χ3v) is 37.5. The van der Waals surface area contributed by atoms with E-state index in [1.807, 2.05) is 0 Å². The van der Waals surface area contributed by atoms with E-state index < -0.39 is 36.8 Å². The van der Waals surface area contributed by atoms with Gasteiger partial charge in [-0.15, -0.1) is 0 Å². The first-order valence-electron chi connectivity index (χ1n) is 16.2. The molecule has 7 rings (SSSR count). The van der Waals surface area contributed by atoms with E-state index in [-0.39, 0.29) is 0 Å². The van der Waals surface area contributed by atoms with Gasteiger partial charge in [-0.2, -0.15) is 0 Å². The predicted octanol–water partition coefficient (Wildman–Crippen LogP) is 6.19. The van der Waals surface area contributed by atoms with Crippen molar-refractivity contribution in [1.29, 1.82) is 0 Å². The molecule has 0 unspecified atom stereocenters. The molecular formula is C44H38Sn2. The van der Waals surface area contributed by atoms with Crippen molar-refractivity contribution in [3.05, 3.63) is 217 Å². The van der Waals surface area contributed by atoms with Crippen LogP contribution < -0.4 is 21.5 Å². The maximum atomic E-state index is 2.44. The van der Waals surface area contributed by atoms with E-state index in [2.05, 4.69) is 206 Å². The van der Waals surface area contributed by atoms with Crippen molar-refractivity contribution >= 4 is 58.2 Å². The summed E-state index contributed by atoms with van der Waals surface area (Å²) in [7, 11) is 0. The molecule has 0 bridgehead atoms. The molecule has 0 fully saturated rings. The third-order valence-electron chi connectivity index (χ3n) is 9.56. The first-order chi connectivity index (χ1) is 22.8. The van der Waals surface area contributed by atoms with Gasteiger partial charge >= 0.3 is 284 Å². The monoisotopic (exact) mass is 806 g/mol. The fraction of sp³-hybridized carbons (Fsp3) is 0.0455. The Bertz CT molecular complexity index is 1600. The van der Waals surface area contributed by atoms with E-state index in [0.717, 1.165) is 8.87 Å². The topological polar surface area (TPSA) is 0 Å². The van der Waals surface area contributed by atoms with Gasteiger partial charge in [0.25, 0.3) is 0 Å². The normalized spacial score (nSPS) is 11.7. The molecule has 222 valence electrons. The van der Waals surface area contributed by atoms with Crippen molar-refractivity contribution < 1.29 is 0 Å². The Balaban J connectivity index is 1.33. The van der Waals surface area contributed by atoms with Gasteiger partial charge in [0.2, 0.25) is 0 Å². The summed E-state index contributed by atoms with van der Waals surface area (Å²) >= 11 is -6.86. The second-order valence-electron chi connectivity index (χ2n) is 12.2. The molecule has 0 radical (unpaired) electrons. The summed E-state index contributed by atoms with van der Waals surface area (Å²) < 4.78 is 11.3. The van der Waals surface area contributed by atoms with E-state index in [1.165, 1.54) is 32.6 Å². The summed E-state index contributed by atoms with van der Waals surface area (Å²) in [5, 5.41) is 0. The first-order valence-corrected chi connectivity index (χ1v) is 28.8. The molecule has 7 aromatic rings. The van der Waals surface area contributed by atoms with Crippen molar-refractivity contribution in [2.24, 2.45) is 0 Å². The standard InChI is InChI=1S/C8H8.6C6H5.2Sn/c1-7-3-5-8(2)6-4-7;6*1-2-4-6-5-3-1;;/h3-6H,1-2H2;6*1-5H;;. The fourth-order valence-electron chi connectivity index (χ4n) is 7.34. The Labute approximate surface area is 282 Å². The number of benzene rings is 7. The molecule has 0 spiro atoms. The number of rotatable bonds is 10. The van der Waals surface area contributed by atoms with Gasteiger partial charge in [-0.3, -0.25) is 0 Å². The zero-order chi connectivity index (χ0) is 31.1. The van der Waals surface area contributed by atoms with Crippen LogP contribution in [0.3, 0.4) is 0 Å². The molecule has 46 heavy (non-hydrogen) atoms. The number of hydrogen-bond acceptors (Lipinski definition) is 0. The Hall–Kier alpha value is -3.86. The summed E-state index contributed by atoms with van der Waals surface area (Å²) in [6.45, 7) is 0.